The molecule has 1 aromatic carbocycles. The third-order valence-electron chi connectivity index (χ3n) is 2.06. The van der Waals surface area contributed by atoms with Gasteiger partial charge in [-0.05, 0) is 19.1 Å². The van der Waals surface area contributed by atoms with Crippen LogP contribution in [0.25, 0.3) is 0 Å². The van der Waals surface area contributed by atoms with Crippen molar-refractivity contribution in [1.29, 1.82) is 0 Å². The van der Waals surface area contributed by atoms with Gasteiger partial charge in [-0.1, -0.05) is 17.7 Å². The third-order valence-corrected chi connectivity index (χ3v) is 2.88. The summed E-state index contributed by atoms with van der Waals surface area (Å²) in [6, 6.07) is 7.60. The van der Waals surface area contributed by atoms with Gasteiger partial charge in [0.15, 0.2) is 11.6 Å². The van der Waals surface area contributed by atoms with Gasteiger partial charge in [-0.25, -0.2) is 4.98 Å². The maximum Gasteiger partial charge on any atom is 0.228 e. The largest absolute Gasteiger partial charge is 0.485 e. The van der Waals surface area contributed by atoms with Crippen molar-refractivity contribution in [3.8, 4) is 5.75 Å². The first-order valence-corrected chi connectivity index (χ1v) is 5.76. The summed E-state index contributed by atoms with van der Waals surface area (Å²) in [5, 5.41) is 2.27. The van der Waals surface area contributed by atoms with Crippen molar-refractivity contribution in [3.05, 3.63) is 46.4 Å². The highest BCUT2D eigenvalue weighted by Gasteiger charge is 2.08. The van der Waals surface area contributed by atoms with Crippen molar-refractivity contribution < 1.29 is 9.53 Å². The third kappa shape index (κ3) is 2.67. The summed E-state index contributed by atoms with van der Waals surface area (Å²) >= 11 is 1.33. The van der Waals surface area contributed by atoms with Crippen LogP contribution in [-0.2, 0) is 0 Å². The monoisotopic (exact) mass is 233 g/mol. The van der Waals surface area contributed by atoms with Gasteiger partial charge in [-0.3, -0.25) is 4.79 Å². The Bertz CT molecular complexity index is 462. The highest BCUT2D eigenvalue weighted by atomic mass is 32.1. The second-order valence-electron chi connectivity index (χ2n) is 3.36. The summed E-state index contributed by atoms with van der Waals surface area (Å²) in [6.45, 7) is 2.04. The van der Waals surface area contributed by atoms with E-state index < -0.39 is 0 Å². The van der Waals surface area contributed by atoms with Crippen LogP contribution in [0.1, 0.15) is 15.4 Å². The Kier molecular flexibility index (Phi) is 3.31. The SMILES string of the molecule is Cc1ccc(OCC(=O)c2nccs2)cc1. The van der Waals surface area contributed by atoms with E-state index in [1.54, 1.807) is 11.6 Å². The lowest BCUT2D eigenvalue weighted by molar-refractivity contribution is 0.0921. The first-order valence-electron chi connectivity index (χ1n) is 4.88. The van der Waals surface area contributed by atoms with E-state index >= 15 is 0 Å². The van der Waals surface area contributed by atoms with Gasteiger partial charge in [0.25, 0.3) is 0 Å². The fourth-order valence-corrected chi connectivity index (χ4v) is 1.77. The number of carbonyl (C=O) groups excluding carboxylic acids is 1. The Morgan fingerprint density at radius 3 is 2.75 bits per heavy atom. The van der Waals surface area contributed by atoms with E-state index in [4.69, 9.17) is 4.74 Å². The number of Topliss-reactive ketones (excluding diaryl/α,β-unsaturated/α-hetero) is 1. The molecule has 16 heavy (non-hydrogen) atoms. The summed E-state index contributed by atoms with van der Waals surface area (Å²) < 4.78 is 5.36. The molecular weight excluding hydrogens is 222 g/mol. The molecule has 0 aliphatic heterocycles. The van der Waals surface area contributed by atoms with Gasteiger partial charge in [0.1, 0.15) is 5.75 Å². The van der Waals surface area contributed by atoms with Crippen molar-refractivity contribution in [2.24, 2.45) is 0 Å². The number of nitrogens with zero attached hydrogens (tertiary/aromatic N) is 1. The molecule has 2 rings (SSSR count). The molecule has 0 saturated heterocycles. The van der Waals surface area contributed by atoms with Crippen molar-refractivity contribution >= 4 is 17.1 Å². The van der Waals surface area contributed by atoms with Gasteiger partial charge in [-0.15, -0.1) is 11.3 Å². The summed E-state index contributed by atoms with van der Waals surface area (Å²) in [4.78, 5) is 15.5. The van der Waals surface area contributed by atoms with Crippen LogP contribution in [0.15, 0.2) is 35.8 Å². The zero-order valence-electron chi connectivity index (χ0n) is 8.84. The molecule has 0 aliphatic carbocycles. The Hall–Kier alpha value is -1.68. The summed E-state index contributed by atoms with van der Waals surface area (Å²) in [7, 11) is 0. The number of ether oxygens (including phenoxy) is 1. The normalized spacial score (nSPS) is 10.1. The Morgan fingerprint density at radius 1 is 1.38 bits per heavy atom. The van der Waals surface area contributed by atoms with Gasteiger partial charge in [0.2, 0.25) is 5.78 Å². The molecule has 0 aliphatic rings. The topological polar surface area (TPSA) is 39.2 Å². The summed E-state index contributed by atoms with van der Waals surface area (Å²) in [5.74, 6) is 0.617. The molecule has 3 nitrogen and oxygen atoms in total. The van der Waals surface area contributed by atoms with Crippen LogP contribution in [0.3, 0.4) is 0 Å². The van der Waals surface area contributed by atoms with E-state index in [1.165, 1.54) is 16.9 Å². The minimum Gasteiger partial charge on any atom is -0.485 e. The quantitative estimate of drug-likeness (QED) is 0.762. The van der Waals surface area contributed by atoms with E-state index in [2.05, 4.69) is 4.98 Å². The molecule has 0 saturated carbocycles. The summed E-state index contributed by atoms with van der Waals surface area (Å²) in [6.07, 6.45) is 1.61. The number of benzene rings is 1. The smallest absolute Gasteiger partial charge is 0.228 e. The van der Waals surface area contributed by atoms with E-state index in [0.717, 1.165) is 0 Å². The van der Waals surface area contributed by atoms with E-state index in [9.17, 15) is 4.79 Å². The predicted octanol–water partition coefficient (Wildman–Crippen LogP) is 2.71. The zero-order valence-corrected chi connectivity index (χ0v) is 9.66. The summed E-state index contributed by atoms with van der Waals surface area (Å²) in [5.41, 5.74) is 1.17. The van der Waals surface area contributed by atoms with Gasteiger partial charge in [0.05, 0.1) is 0 Å². The molecular formula is C12H11NO2S. The number of aromatic nitrogens is 1. The van der Waals surface area contributed by atoms with Crippen LogP contribution >= 0.6 is 11.3 Å². The number of carbonyl (C=O) groups is 1. The van der Waals surface area contributed by atoms with Crippen LogP contribution in [0.4, 0.5) is 0 Å². The second-order valence-corrected chi connectivity index (χ2v) is 4.26. The van der Waals surface area contributed by atoms with Crippen LogP contribution < -0.4 is 4.74 Å². The highest BCUT2D eigenvalue weighted by Crippen LogP contribution is 2.12. The fraction of sp³-hybridized carbons (Fsp3) is 0.167. The van der Waals surface area contributed by atoms with Gasteiger partial charge < -0.3 is 4.74 Å². The molecule has 0 amide bonds. The average molecular weight is 233 g/mol. The molecule has 0 bridgehead atoms. The van der Waals surface area contributed by atoms with E-state index in [0.29, 0.717) is 10.8 Å². The fourth-order valence-electron chi connectivity index (χ4n) is 1.21. The minimum atomic E-state index is -0.0874. The zero-order chi connectivity index (χ0) is 11.4. The number of ketones is 1. The average Bonchev–Trinajstić information content (AvgIpc) is 2.81. The number of thiazole rings is 1. The van der Waals surface area contributed by atoms with Crippen molar-refractivity contribution in [1.82, 2.24) is 4.98 Å². The number of rotatable bonds is 4. The maximum atomic E-state index is 11.6. The molecule has 4 heteroatoms. The Balaban J connectivity index is 1.93. The lowest BCUT2D eigenvalue weighted by Gasteiger charge is -2.03. The van der Waals surface area contributed by atoms with Crippen molar-refractivity contribution in [2.45, 2.75) is 6.92 Å². The molecule has 82 valence electrons. The van der Waals surface area contributed by atoms with Gasteiger partial charge >= 0.3 is 0 Å². The molecule has 0 unspecified atom stereocenters. The highest BCUT2D eigenvalue weighted by molar-refractivity contribution is 7.11. The molecule has 0 atom stereocenters. The van der Waals surface area contributed by atoms with Crippen molar-refractivity contribution in [2.75, 3.05) is 6.61 Å². The lowest BCUT2D eigenvalue weighted by atomic mass is 10.2. The van der Waals surface area contributed by atoms with Crippen LogP contribution in [0, 0.1) is 6.92 Å². The Morgan fingerprint density at radius 2 is 2.12 bits per heavy atom. The van der Waals surface area contributed by atoms with E-state index in [-0.39, 0.29) is 12.4 Å². The standard InChI is InChI=1S/C12H11NO2S/c1-9-2-4-10(5-3-9)15-8-11(14)12-13-6-7-16-12/h2-7H,8H2,1H3. The van der Waals surface area contributed by atoms with E-state index in [1.807, 2.05) is 31.2 Å². The molecule has 1 aromatic heterocycles. The molecule has 0 spiro atoms. The van der Waals surface area contributed by atoms with Crippen LogP contribution in [-0.4, -0.2) is 17.4 Å². The Labute approximate surface area is 97.7 Å². The maximum absolute atomic E-state index is 11.6. The van der Waals surface area contributed by atoms with Gasteiger partial charge in [0, 0.05) is 11.6 Å². The molecule has 2 aromatic rings. The van der Waals surface area contributed by atoms with Gasteiger partial charge in [-0.2, -0.15) is 0 Å². The minimum absolute atomic E-state index is 0.0383. The number of aryl methyl sites for hydroxylation is 1. The first-order chi connectivity index (χ1) is 7.75. The molecule has 1 heterocycles. The molecule has 0 fully saturated rings. The first kappa shape index (κ1) is 10.8. The number of hydrogen-bond acceptors (Lipinski definition) is 4. The van der Waals surface area contributed by atoms with Crippen LogP contribution in [0.2, 0.25) is 0 Å². The lowest BCUT2D eigenvalue weighted by Crippen LogP contribution is -2.11. The predicted molar refractivity (Wildman–Crippen MR) is 63.1 cm³/mol. The van der Waals surface area contributed by atoms with Crippen molar-refractivity contribution in [3.63, 3.8) is 0 Å². The van der Waals surface area contributed by atoms with Crippen LogP contribution in [0.5, 0.6) is 5.75 Å². The molecule has 0 radical (unpaired) electrons. The molecule has 0 N–H and O–H groups in total. The number of hydrogen-bond donors (Lipinski definition) is 0. The second kappa shape index (κ2) is 4.90.